The van der Waals surface area contributed by atoms with Crippen LogP contribution >= 0.6 is 0 Å². The van der Waals surface area contributed by atoms with E-state index in [1.54, 1.807) is 0 Å². The topological polar surface area (TPSA) is 78.3 Å². The Morgan fingerprint density at radius 2 is 1.42 bits per heavy atom. The van der Waals surface area contributed by atoms with Gasteiger partial charge in [0.25, 0.3) is 0 Å². The number of para-hydroxylation sites is 1. The van der Waals surface area contributed by atoms with Crippen LogP contribution in [0.4, 0.5) is 0 Å². The fourth-order valence-electron chi connectivity index (χ4n) is 4.79. The van der Waals surface area contributed by atoms with Crippen LogP contribution in [-0.4, -0.2) is 14.5 Å². The Bertz CT molecular complexity index is 1860. The van der Waals surface area contributed by atoms with E-state index >= 15 is 0 Å². The molecule has 0 fully saturated rings. The third kappa shape index (κ3) is 3.39. The van der Waals surface area contributed by atoms with Crippen molar-refractivity contribution in [3.05, 3.63) is 114 Å². The van der Waals surface area contributed by atoms with Crippen LogP contribution in [0.2, 0.25) is 0 Å². The van der Waals surface area contributed by atoms with Crippen molar-refractivity contribution in [1.82, 2.24) is 14.5 Å². The minimum absolute atomic E-state index is 0.394. The second-order valence-corrected chi connectivity index (χ2v) is 8.65. The minimum atomic E-state index is 0.394. The van der Waals surface area contributed by atoms with E-state index in [9.17, 15) is 5.26 Å². The molecular formula is C31H19N5. The molecule has 6 rings (SSSR count). The Hall–Kier alpha value is -5.26. The molecule has 0 radical (unpaired) electrons. The summed E-state index contributed by atoms with van der Waals surface area (Å²) in [4.78, 5) is 8.58. The first kappa shape index (κ1) is 21.3. The fraction of sp³-hybridized carbons (Fsp3) is 0.0323. The molecule has 0 aliphatic rings. The first-order valence-electron chi connectivity index (χ1n) is 11.5. The van der Waals surface area contributed by atoms with Crippen molar-refractivity contribution in [3.8, 4) is 40.3 Å². The Labute approximate surface area is 208 Å². The van der Waals surface area contributed by atoms with Gasteiger partial charge in [0.15, 0.2) is 5.82 Å². The van der Waals surface area contributed by atoms with Gasteiger partial charge in [-0.3, -0.25) is 0 Å². The molecule has 5 nitrogen and oxygen atoms in total. The van der Waals surface area contributed by atoms with E-state index in [-0.39, 0.29) is 0 Å². The van der Waals surface area contributed by atoms with Crippen molar-refractivity contribution in [2.45, 2.75) is 6.92 Å². The number of hydrogen-bond acceptors (Lipinski definition) is 4. The lowest BCUT2D eigenvalue weighted by molar-refractivity contribution is 1.14. The number of aryl methyl sites for hydroxylation is 1. The standard InChI is InChI=1S/C31H19N5/c1-20-6-2-3-7-25(20)22-10-12-27-26-8-4-5-9-29(26)36(30(27)15-22)28-13-11-23(14-24(28)17-33)31-34-18-21(16-32)19-35-31/h2-15,18-19H,1H3. The third-order valence-electron chi connectivity index (χ3n) is 6.53. The van der Waals surface area contributed by atoms with Crippen LogP contribution in [0.5, 0.6) is 0 Å². The zero-order valence-corrected chi connectivity index (χ0v) is 19.5. The number of hydrogen-bond donors (Lipinski definition) is 0. The van der Waals surface area contributed by atoms with Crippen molar-refractivity contribution in [1.29, 1.82) is 10.5 Å². The molecule has 0 spiro atoms. The maximum atomic E-state index is 10.1. The van der Waals surface area contributed by atoms with Gasteiger partial charge in [0.2, 0.25) is 0 Å². The average Bonchev–Trinajstić information content (AvgIpc) is 3.26. The van der Waals surface area contributed by atoms with Gasteiger partial charge in [-0.25, -0.2) is 9.97 Å². The highest BCUT2D eigenvalue weighted by Gasteiger charge is 2.17. The Morgan fingerprint density at radius 1 is 0.694 bits per heavy atom. The van der Waals surface area contributed by atoms with Crippen LogP contribution in [0.3, 0.4) is 0 Å². The summed E-state index contributed by atoms with van der Waals surface area (Å²) < 4.78 is 2.16. The molecule has 0 saturated carbocycles. The molecule has 168 valence electrons. The van der Waals surface area contributed by atoms with E-state index in [4.69, 9.17) is 5.26 Å². The largest absolute Gasteiger partial charge is 0.308 e. The van der Waals surface area contributed by atoms with Crippen molar-refractivity contribution < 1.29 is 0 Å². The molecule has 0 N–H and O–H groups in total. The molecule has 4 aromatic carbocycles. The van der Waals surface area contributed by atoms with E-state index in [0.717, 1.165) is 38.6 Å². The average molecular weight is 462 g/mol. The molecule has 0 atom stereocenters. The number of nitriles is 2. The van der Waals surface area contributed by atoms with Crippen LogP contribution in [0.1, 0.15) is 16.7 Å². The molecule has 0 saturated heterocycles. The van der Waals surface area contributed by atoms with Crippen molar-refractivity contribution in [3.63, 3.8) is 0 Å². The first-order valence-corrected chi connectivity index (χ1v) is 11.5. The Morgan fingerprint density at radius 3 is 2.19 bits per heavy atom. The van der Waals surface area contributed by atoms with E-state index in [0.29, 0.717) is 17.0 Å². The molecule has 0 amide bonds. The summed E-state index contributed by atoms with van der Waals surface area (Å²) in [6.07, 6.45) is 2.98. The summed E-state index contributed by atoms with van der Waals surface area (Å²) in [6.45, 7) is 2.12. The quantitative estimate of drug-likeness (QED) is 0.285. The monoisotopic (exact) mass is 461 g/mol. The van der Waals surface area contributed by atoms with Gasteiger partial charge < -0.3 is 4.57 Å². The molecular weight excluding hydrogens is 442 g/mol. The lowest BCUT2D eigenvalue weighted by Gasteiger charge is -2.12. The first-order chi connectivity index (χ1) is 17.7. The Balaban J connectivity index is 1.60. The molecule has 0 aliphatic carbocycles. The summed E-state index contributed by atoms with van der Waals surface area (Å²) in [5.74, 6) is 0.473. The van der Waals surface area contributed by atoms with Gasteiger partial charge in [0.05, 0.1) is 27.8 Å². The maximum absolute atomic E-state index is 10.1. The van der Waals surface area contributed by atoms with Crippen molar-refractivity contribution in [2.24, 2.45) is 0 Å². The predicted octanol–water partition coefficient (Wildman–Crippen LogP) is 6.96. The molecule has 2 heterocycles. The SMILES string of the molecule is Cc1ccccc1-c1ccc2c3ccccc3n(-c3ccc(-c4ncc(C#N)cn4)cc3C#N)c2c1. The second kappa shape index (κ2) is 8.51. The van der Waals surface area contributed by atoms with Gasteiger partial charge in [0.1, 0.15) is 12.1 Å². The fourth-order valence-corrected chi connectivity index (χ4v) is 4.79. The van der Waals surface area contributed by atoms with Crippen LogP contribution in [-0.2, 0) is 0 Å². The molecule has 6 aromatic rings. The number of nitrogens with zero attached hydrogens (tertiary/aromatic N) is 5. The summed E-state index contributed by atoms with van der Waals surface area (Å²) in [5.41, 5.74) is 8.03. The van der Waals surface area contributed by atoms with Gasteiger partial charge in [-0.15, -0.1) is 0 Å². The van der Waals surface area contributed by atoms with Gasteiger partial charge >= 0.3 is 0 Å². The molecule has 36 heavy (non-hydrogen) atoms. The lowest BCUT2D eigenvalue weighted by Crippen LogP contribution is -1.99. The van der Waals surface area contributed by atoms with Gasteiger partial charge in [-0.1, -0.05) is 54.6 Å². The van der Waals surface area contributed by atoms with Crippen molar-refractivity contribution >= 4 is 21.8 Å². The van der Waals surface area contributed by atoms with Gasteiger partial charge in [-0.2, -0.15) is 10.5 Å². The van der Waals surface area contributed by atoms with Crippen molar-refractivity contribution in [2.75, 3.05) is 0 Å². The maximum Gasteiger partial charge on any atom is 0.159 e. The highest BCUT2D eigenvalue weighted by Crippen LogP contribution is 2.36. The number of aromatic nitrogens is 3. The highest BCUT2D eigenvalue weighted by molar-refractivity contribution is 6.10. The molecule has 2 aromatic heterocycles. The Kier molecular flexibility index (Phi) is 5.03. The summed E-state index contributed by atoms with van der Waals surface area (Å²) >= 11 is 0. The highest BCUT2D eigenvalue weighted by atomic mass is 15.0. The second-order valence-electron chi connectivity index (χ2n) is 8.65. The van der Waals surface area contributed by atoms with Crippen LogP contribution in [0.25, 0.3) is 50.0 Å². The molecule has 5 heteroatoms. The zero-order valence-electron chi connectivity index (χ0n) is 19.5. The minimum Gasteiger partial charge on any atom is -0.308 e. The summed E-state index contributed by atoms with van der Waals surface area (Å²) in [5, 5.41) is 21.4. The van der Waals surface area contributed by atoms with Crippen LogP contribution < -0.4 is 0 Å². The normalized spacial score (nSPS) is 10.9. The smallest absolute Gasteiger partial charge is 0.159 e. The number of benzene rings is 4. The summed E-state index contributed by atoms with van der Waals surface area (Å²) in [6, 6.07) is 33.2. The van der Waals surface area contributed by atoms with Crippen LogP contribution in [0, 0.1) is 29.6 Å². The van der Waals surface area contributed by atoms with E-state index in [2.05, 4.69) is 76.1 Å². The van der Waals surface area contributed by atoms with Crippen LogP contribution in [0.15, 0.2) is 97.3 Å². The number of fused-ring (bicyclic) bond motifs is 3. The van der Waals surface area contributed by atoms with E-state index in [1.165, 1.54) is 23.5 Å². The van der Waals surface area contributed by atoms with E-state index in [1.807, 2.05) is 42.5 Å². The third-order valence-corrected chi connectivity index (χ3v) is 6.53. The molecule has 0 unspecified atom stereocenters. The van der Waals surface area contributed by atoms with E-state index < -0.39 is 0 Å². The molecule has 0 aliphatic heterocycles. The zero-order chi connectivity index (χ0) is 24.6. The predicted molar refractivity (Wildman–Crippen MR) is 141 cm³/mol. The van der Waals surface area contributed by atoms with Gasteiger partial charge in [0, 0.05) is 28.7 Å². The number of rotatable bonds is 3. The lowest BCUT2D eigenvalue weighted by atomic mass is 9.99. The molecule has 0 bridgehead atoms. The summed E-state index contributed by atoms with van der Waals surface area (Å²) in [7, 11) is 0. The van der Waals surface area contributed by atoms with Gasteiger partial charge in [-0.05, 0) is 53.9 Å².